The number of nitrogens with zero attached hydrogens (tertiary/aromatic N) is 2. The largest absolute Gasteiger partial charge is 0.409 e. The maximum Gasteiger partial charge on any atom is 0.153 e. The lowest BCUT2D eigenvalue weighted by molar-refractivity contribution is 0.308. The number of unbranched alkanes of at least 4 members (excludes halogenated alkanes) is 1. The lowest BCUT2D eigenvalue weighted by Gasteiger charge is -2.15. The fourth-order valence-electron chi connectivity index (χ4n) is 1.74. The van der Waals surface area contributed by atoms with Gasteiger partial charge in [0.1, 0.15) is 0 Å². The van der Waals surface area contributed by atoms with Crippen LogP contribution in [0.4, 0.5) is 0 Å². The van der Waals surface area contributed by atoms with Gasteiger partial charge < -0.3 is 10.9 Å². The first-order valence-electron chi connectivity index (χ1n) is 5.91. The van der Waals surface area contributed by atoms with Crippen LogP contribution in [0.3, 0.4) is 0 Å². The van der Waals surface area contributed by atoms with Gasteiger partial charge >= 0.3 is 0 Å². The molecule has 0 spiro atoms. The Hall–Kier alpha value is -1.55. The number of rotatable bonds is 7. The maximum absolute atomic E-state index is 8.44. The van der Waals surface area contributed by atoms with Crippen molar-refractivity contribution in [3.05, 3.63) is 35.9 Å². The van der Waals surface area contributed by atoms with E-state index in [1.165, 1.54) is 5.56 Å². The van der Waals surface area contributed by atoms with Crippen molar-refractivity contribution in [3.63, 3.8) is 0 Å². The van der Waals surface area contributed by atoms with E-state index in [1.54, 1.807) is 0 Å². The third kappa shape index (κ3) is 5.92. The number of benzene rings is 1. The van der Waals surface area contributed by atoms with Gasteiger partial charge in [-0.15, -0.1) is 0 Å². The molecule has 1 rings (SSSR count). The Labute approximate surface area is 103 Å². The first-order chi connectivity index (χ1) is 8.22. The summed E-state index contributed by atoms with van der Waals surface area (Å²) in [7, 11) is 1.97. The minimum atomic E-state index is 0.260. The van der Waals surface area contributed by atoms with E-state index in [0.29, 0.717) is 6.54 Å². The Morgan fingerprint density at radius 3 is 2.65 bits per heavy atom. The molecule has 4 heteroatoms. The molecular formula is C13H21N3O. The smallest absolute Gasteiger partial charge is 0.153 e. The van der Waals surface area contributed by atoms with Gasteiger partial charge in [0.05, 0.1) is 6.54 Å². The Morgan fingerprint density at radius 1 is 1.29 bits per heavy atom. The van der Waals surface area contributed by atoms with Gasteiger partial charge in [-0.05, 0) is 38.4 Å². The second kappa shape index (κ2) is 7.68. The summed E-state index contributed by atoms with van der Waals surface area (Å²) in [6.45, 7) is 1.48. The second-order valence-corrected chi connectivity index (χ2v) is 4.27. The zero-order valence-corrected chi connectivity index (χ0v) is 10.3. The van der Waals surface area contributed by atoms with E-state index >= 15 is 0 Å². The average Bonchev–Trinajstić information content (AvgIpc) is 2.36. The van der Waals surface area contributed by atoms with E-state index in [4.69, 9.17) is 10.9 Å². The van der Waals surface area contributed by atoms with Crippen LogP contribution in [0.25, 0.3) is 0 Å². The summed E-state index contributed by atoms with van der Waals surface area (Å²) in [4.78, 5) is 2.06. The predicted molar refractivity (Wildman–Crippen MR) is 70.3 cm³/mol. The molecule has 0 saturated heterocycles. The molecule has 0 heterocycles. The molecule has 0 atom stereocenters. The molecule has 0 aromatic heterocycles. The summed E-state index contributed by atoms with van der Waals surface area (Å²) in [5, 5.41) is 11.4. The molecule has 94 valence electrons. The van der Waals surface area contributed by atoms with Crippen LogP contribution < -0.4 is 5.73 Å². The van der Waals surface area contributed by atoms with Gasteiger partial charge in [0, 0.05) is 0 Å². The molecule has 0 unspecified atom stereocenters. The van der Waals surface area contributed by atoms with Crippen molar-refractivity contribution >= 4 is 5.84 Å². The van der Waals surface area contributed by atoms with Crippen molar-refractivity contribution in [1.29, 1.82) is 0 Å². The molecule has 1 aromatic rings. The van der Waals surface area contributed by atoms with Crippen molar-refractivity contribution in [1.82, 2.24) is 4.90 Å². The standard InChI is InChI=1S/C13H21N3O/c1-16(11-13(14)15-17)10-6-5-9-12-7-3-2-4-8-12/h2-4,7-8,17H,5-6,9-11H2,1H3,(H2,14,15). The van der Waals surface area contributed by atoms with Crippen LogP contribution in [0.15, 0.2) is 35.5 Å². The molecule has 0 aliphatic heterocycles. The quantitative estimate of drug-likeness (QED) is 0.248. The van der Waals surface area contributed by atoms with Gasteiger partial charge in [-0.25, -0.2) is 0 Å². The monoisotopic (exact) mass is 235 g/mol. The number of likely N-dealkylation sites (N-methyl/N-ethyl adjacent to an activating group) is 1. The van der Waals surface area contributed by atoms with Crippen LogP contribution in [0, 0.1) is 0 Å². The molecule has 0 aliphatic rings. The fraction of sp³-hybridized carbons (Fsp3) is 0.462. The van der Waals surface area contributed by atoms with Crippen molar-refractivity contribution in [2.24, 2.45) is 10.9 Å². The minimum absolute atomic E-state index is 0.260. The number of hydrogen-bond acceptors (Lipinski definition) is 3. The normalized spacial score (nSPS) is 12.0. The Morgan fingerprint density at radius 2 is 2.00 bits per heavy atom. The molecule has 0 fully saturated rings. The Balaban J connectivity index is 2.12. The summed E-state index contributed by atoms with van der Waals surface area (Å²) < 4.78 is 0. The second-order valence-electron chi connectivity index (χ2n) is 4.27. The highest BCUT2D eigenvalue weighted by Crippen LogP contribution is 2.04. The predicted octanol–water partition coefficient (Wildman–Crippen LogP) is 1.69. The molecule has 3 N–H and O–H groups in total. The van der Waals surface area contributed by atoms with Gasteiger partial charge in [0.25, 0.3) is 0 Å². The van der Waals surface area contributed by atoms with E-state index in [0.717, 1.165) is 25.8 Å². The van der Waals surface area contributed by atoms with Crippen LogP contribution in [0.2, 0.25) is 0 Å². The lowest BCUT2D eigenvalue weighted by atomic mass is 10.1. The van der Waals surface area contributed by atoms with Crippen molar-refractivity contribution in [2.75, 3.05) is 20.1 Å². The highest BCUT2D eigenvalue weighted by molar-refractivity contribution is 5.81. The van der Waals surface area contributed by atoms with E-state index in [2.05, 4.69) is 34.3 Å². The van der Waals surface area contributed by atoms with Crippen LogP contribution in [0.5, 0.6) is 0 Å². The summed E-state index contributed by atoms with van der Waals surface area (Å²) in [5.41, 5.74) is 6.81. The van der Waals surface area contributed by atoms with Crippen molar-refractivity contribution in [3.8, 4) is 0 Å². The zero-order chi connectivity index (χ0) is 12.5. The molecule has 0 radical (unpaired) electrons. The van der Waals surface area contributed by atoms with Gasteiger partial charge in [0.2, 0.25) is 0 Å². The number of amidine groups is 1. The first-order valence-corrected chi connectivity index (χ1v) is 5.91. The van der Waals surface area contributed by atoms with Crippen LogP contribution in [0.1, 0.15) is 18.4 Å². The molecule has 0 saturated carbocycles. The molecule has 0 bridgehead atoms. The van der Waals surface area contributed by atoms with Gasteiger partial charge in [-0.3, -0.25) is 4.90 Å². The topological polar surface area (TPSA) is 61.8 Å². The Kier molecular flexibility index (Phi) is 6.10. The average molecular weight is 235 g/mol. The molecule has 4 nitrogen and oxygen atoms in total. The fourth-order valence-corrected chi connectivity index (χ4v) is 1.74. The number of nitrogens with two attached hydrogens (primary N) is 1. The van der Waals surface area contributed by atoms with Crippen LogP contribution in [-0.2, 0) is 6.42 Å². The lowest BCUT2D eigenvalue weighted by Crippen LogP contribution is -2.31. The Bertz CT molecular complexity index is 338. The van der Waals surface area contributed by atoms with E-state index in [9.17, 15) is 0 Å². The minimum Gasteiger partial charge on any atom is -0.409 e. The van der Waals surface area contributed by atoms with Gasteiger partial charge in [-0.2, -0.15) is 0 Å². The SMILES string of the molecule is CN(CCCCc1ccccc1)C/C(N)=N/O. The third-order valence-corrected chi connectivity index (χ3v) is 2.66. The molecule has 1 aromatic carbocycles. The highest BCUT2D eigenvalue weighted by Gasteiger charge is 2.01. The van der Waals surface area contributed by atoms with Crippen molar-refractivity contribution in [2.45, 2.75) is 19.3 Å². The maximum atomic E-state index is 8.44. The summed E-state index contributed by atoms with van der Waals surface area (Å²) >= 11 is 0. The third-order valence-electron chi connectivity index (χ3n) is 2.66. The molecular weight excluding hydrogens is 214 g/mol. The molecule has 0 aliphatic carbocycles. The summed E-state index contributed by atoms with van der Waals surface area (Å²) in [6.07, 6.45) is 3.38. The zero-order valence-electron chi connectivity index (χ0n) is 10.3. The number of oxime groups is 1. The number of aryl methyl sites for hydroxylation is 1. The number of hydrogen-bond donors (Lipinski definition) is 2. The van der Waals surface area contributed by atoms with E-state index < -0.39 is 0 Å². The van der Waals surface area contributed by atoms with Gasteiger partial charge in [-0.1, -0.05) is 35.5 Å². The van der Waals surface area contributed by atoms with Gasteiger partial charge in [0.15, 0.2) is 5.84 Å². The highest BCUT2D eigenvalue weighted by atomic mass is 16.4. The van der Waals surface area contributed by atoms with E-state index in [-0.39, 0.29) is 5.84 Å². The summed E-state index contributed by atoms with van der Waals surface area (Å²) in [5.74, 6) is 0.260. The van der Waals surface area contributed by atoms with Crippen LogP contribution in [-0.4, -0.2) is 36.1 Å². The molecule has 0 amide bonds. The van der Waals surface area contributed by atoms with E-state index in [1.807, 2.05) is 13.1 Å². The first kappa shape index (κ1) is 13.5. The molecule has 17 heavy (non-hydrogen) atoms. The van der Waals surface area contributed by atoms with Crippen LogP contribution >= 0.6 is 0 Å². The summed E-state index contributed by atoms with van der Waals surface area (Å²) in [6, 6.07) is 10.5. The van der Waals surface area contributed by atoms with Crippen molar-refractivity contribution < 1.29 is 5.21 Å².